The van der Waals surface area contributed by atoms with Gasteiger partial charge in [0, 0.05) is 5.92 Å². The van der Waals surface area contributed by atoms with Gasteiger partial charge >= 0.3 is 0 Å². The number of unbranched alkanes of at least 4 members (excludes halogenated alkanes) is 2. The number of aliphatic hydroxyl groups excluding tert-OH is 1. The molecule has 4 atom stereocenters. The van der Waals surface area contributed by atoms with Crippen molar-refractivity contribution in [2.45, 2.75) is 82.3 Å². The van der Waals surface area contributed by atoms with Gasteiger partial charge in [0.25, 0.3) is 0 Å². The lowest BCUT2D eigenvalue weighted by molar-refractivity contribution is 0.0505. The first-order valence-corrected chi connectivity index (χ1v) is 10.9. The third kappa shape index (κ3) is 5.21. The van der Waals surface area contributed by atoms with Crippen molar-refractivity contribution >= 4 is 0 Å². The van der Waals surface area contributed by atoms with Crippen LogP contribution in [0.3, 0.4) is 0 Å². The number of allylic oxidation sites excluding steroid dienone is 2. The summed E-state index contributed by atoms with van der Waals surface area (Å²) in [6, 6.07) is 0. The molecule has 0 amide bonds. The van der Waals surface area contributed by atoms with E-state index in [2.05, 4.69) is 37.2 Å². The average molecular weight is 362 g/mol. The Labute approximate surface area is 160 Å². The minimum absolute atomic E-state index is 0.197. The molecular formula is C23H39NO2. The van der Waals surface area contributed by atoms with Crippen LogP contribution in [0.2, 0.25) is 0 Å². The third-order valence-electron chi connectivity index (χ3n) is 6.94. The minimum atomic E-state index is -0.467. The first kappa shape index (κ1) is 20.1. The summed E-state index contributed by atoms with van der Waals surface area (Å²) in [4.78, 5) is 2.26. The topological polar surface area (TPSA) is 43.7 Å². The van der Waals surface area contributed by atoms with Crippen LogP contribution < -0.4 is 0 Å². The molecule has 148 valence electrons. The Bertz CT molecular complexity index is 504. The minimum Gasteiger partial charge on any atom is -0.392 e. The Balaban J connectivity index is 1.43. The zero-order valence-corrected chi connectivity index (χ0v) is 16.9. The van der Waals surface area contributed by atoms with E-state index >= 15 is 0 Å². The first-order chi connectivity index (χ1) is 12.5. The van der Waals surface area contributed by atoms with Crippen LogP contribution >= 0.6 is 0 Å². The lowest BCUT2D eigenvalue weighted by Crippen LogP contribution is -2.23. The summed E-state index contributed by atoms with van der Waals surface area (Å²) in [6.07, 6.45) is 18.9. The lowest BCUT2D eigenvalue weighted by atomic mass is 9.88. The fraction of sp³-hybridized carbons (Fsp3) is 0.826. The second kappa shape index (κ2) is 9.03. The smallest absolute Gasteiger partial charge is 0.0682 e. The molecule has 3 rings (SSSR count). The highest BCUT2D eigenvalue weighted by molar-refractivity contribution is 5.20. The SMILES string of the molecule is CN(C)CCCCCC1=C[C@H]2C[C@@H](O)[C@H](C=CCC3(O)CCCC3)[C@H]2C1. The zero-order valence-electron chi connectivity index (χ0n) is 16.9. The summed E-state index contributed by atoms with van der Waals surface area (Å²) in [5.74, 6) is 1.45. The number of hydrogen-bond donors (Lipinski definition) is 2. The van der Waals surface area contributed by atoms with Gasteiger partial charge in [0.1, 0.15) is 0 Å². The van der Waals surface area contributed by atoms with Crippen LogP contribution in [-0.4, -0.2) is 47.5 Å². The summed E-state index contributed by atoms with van der Waals surface area (Å²) in [6.45, 7) is 1.19. The Kier molecular flexibility index (Phi) is 6.98. The van der Waals surface area contributed by atoms with E-state index in [-0.39, 0.29) is 12.0 Å². The largest absolute Gasteiger partial charge is 0.392 e. The van der Waals surface area contributed by atoms with E-state index in [1.54, 1.807) is 5.57 Å². The van der Waals surface area contributed by atoms with Gasteiger partial charge in [-0.25, -0.2) is 0 Å². The molecule has 2 N–H and O–H groups in total. The Hall–Kier alpha value is -0.640. The molecular weight excluding hydrogens is 322 g/mol. The van der Waals surface area contributed by atoms with Gasteiger partial charge < -0.3 is 15.1 Å². The van der Waals surface area contributed by atoms with Crippen LogP contribution in [-0.2, 0) is 0 Å². The molecule has 0 radical (unpaired) electrons. The van der Waals surface area contributed by atoms with E-state index in [9.17, 15) is 10.2 Å². The van der Waals surface area contributed by atoms with Crippen LogP contribution in [0.15, 0.2) is 23.8 Å². The van der Waals surface area contributed by atoms with E-state index in [1.165, 1.54) is 38.6 Å². The van der Waals surface area contributed by atoms with Crippen molar-refractivity contribution in [3.63, 3.8) is 0 Å². The molecule has 26 heavy (non-hydrogen) atoms. The van der Waals surface area contributed by atoms with E-state index in [4.69, 9.17) is 0 Å². The molecule has 0 aromatic rings. The third-order valence-corrected chi connectivity index (χ3v) is 6.94. The molecule has 3 heteroatoms. The second-order valence-electron chi connectivity index (χ2n) is 9.41. The predicted octanol–water partition coefficient (Wildman–Crippen LogP) is 4.30. The maximum absolute atomic E-state index is 10.5. The van der Waals surface area contributed by atoms with Crippen molar-refractivity contribution in [2.75, 3.05) is 20.6 Å². The van der Waals surface area contributed by atoms with Crippen molar-refractivity contribution in [3.8, 4) is 0 Å². The Morgan fingerprint density at radius 2 is 1.96 bits per heavy atom. The lowest BCUT2D eigenvalue weighted by Gasteiger charge is -2.21. The van der Waals surface area contributed by atoms with Crippen molar-refractivity contribution in [1.82, 2.24) is 4.90 Å². The fourth-order valence-electron chi connectivity index (χ4n) is 5.43. The van der Waals surface area contributed by atoms with Crippen LogP contribution in [0.1, 0.15) is 70.6 Å². The highest BCUT2D eigenvalue weighted by atomic mass is 16.3. The van der Waals surface area contributed by atoms with Gasteiger partial charge in [0.05, 0.1) is 11.7 Å². The van der Waals surface area contributed by atoms with E-state index < -0.39 is 5.60 Å². The Morgan fingerprint density at radius 1 is 1.19 bits per heavy atom. The molecule has 0 aromatic heterocycles. The fourth-order valence-corrected chi connectivity index (χ4v) is 5.43. The zero-order chi connectivity index (χ0) is 18.6. The van der Waals surface area contributed by atoms with Crippen molar-refractivity contribution in [1.29, 1.82) is 0 Å². The predicted molar refractivity (Wildman–Crippen MR) is 108 cm³/mol. The summed E-state index contributed by atoms with van der Waals surface area (Å²) in [7, 11) is 4.29. The van der Waals surface area contributed by atoms with Gasteiger partial charge in [-0.1, -0.05) is 43.1 Å². The number of nitrogens with zero attached hydrogens (tertiary/aromatic N) is 1. The molecule has 0 unspecified atom stereocenters. The van der Waals surface area contributed by atoms with Crippen LogP contribution in [0, 0.1) is 17.8 Å². The number of fused-ring (bicyclic) bond motifs is 1. The summed E-state index contributed by atoms with van der Waals surface area (Å²) in [5.41, 5.74) is 1.16. The first-order valence-electron chi connectivity index (χ1n) is 10.9. The molecule has 0 aromatic carbocycles. The standard InChI is InChI=1S/C23H39NO2/c1-24(2)14-7-3-4-9-18-15-19-17-22(25)20(21(19)16-18)10-8-13-23(26)11-5-6-12-23/h8,10,15,19-22,25-26H,3-7,9,11-14,16-17H2,1-2H3/t19-,20+,21-,22+/m0/s1. The van der Waals surface area contributed by atoms with Crippen LogP contribution in [0.25, 0.3) is 0 Å². The summed E-state index contributed by atoms with van der Waals surface area (Å²) in [5, 5.41) is 21.0. The van der Waals surface area contributed by atoms with E-state index in [0.717, 1.165) is 38.5 Å². The second-order valence-corrected chi connectivity index (χ2v) is 9.41. The molecule has 0 saturated heterocycles. The van der Waals surface area contributed by atoms with Crippen molar-refractivity contribution in [2.24, 2.45) is 17.8 Å². The molecule has 0 aliphatic heterocycles. The number of rotatable bonds is 9. The van der Waals surface area contributed by atoms with Crippen molar-refractivity contribution in [3.05, 3.63) is 23.8 Å². The van der Waals surface area contributed by atoms with Gasteiger partial charge in [-0.2, -0.15) is 0 Å². The van der Waals surface area contributed by atoms with Crippen LogP contribution in [0.4, 0.5) is 0 Å². The molecule has 0 bridgehead atoms. The maximum atomic E-state index is 10.5. The highest BCUT2D eigenvalue weighted by Gasteiger charge is 2.43. The highest BCUT2D eigenvalue weighted by Crippen LogP contribution is 2.48. The van der Waals surface area contributed by atoms with Gasteiger partial charge in [-0.05, 0) is 83.8 Å². The number of hydrogen-bond acceptors (Lipinski definition) is 3. The summed E-state index contributed by atoms with van der Waals surface area (Å²) >= 11 is 0. The molecule has 3 aliphatic carbocycles. The van der Waals surface area contributed by atoms with Gasteiger partial charge in [0.15, 0.2) is 0 Å². The summed E-state index contributed by atoms with van der Waals surface area (Å²) < 4.78 is 0. The average Bonchev–Trinajstić information content (AvgIpc) is 3.24. The van der Waals surface area contributed by atoms with Gasteiger partial charge in [-0.15, -0.1) is 0 Å². The number of aliphatic hydroxyl groups is 2. The normalized spacial score (nSPS) is 33.3. The van der Waals surface area contributed by atoms with Gasteiger partial charge in [-0.3, -0.25) is 0 Å². The van der Waals surface area contributed by atoms with Gasteiger partial charge in [0.2, 0.25) is 0 Å². The van der Waals surface area contributed by atoms with Crippen molar-refractivity contribution < 1.29 is 10.2 Å². The van der Waals surface area contributed by atoms with E-state index in [1.807, 2.05) is 0 Å². The molecule has 0 heterocycles. The molecule has 0 spiro atoms. The molecule has 3 aliphatic rings. The molecule has 2 fully saturated rings. The molecule has 3 nitrogen and oxygen atoms in total. The monoisotopic (exact) mass is 361 g/mol. The van der Waals surface area contributed by atoms with E-state index in [0.29, 0.717) is 11.8 Å². The quantitative estimate of drug-likeness (QED) is 0.475. The molecule has 2 saturated carbocycles. The van der Waals surface area contributed by atoms with Crippen LogP contribution in [0.5, 0.6) is 0 Å². The Morgan fingerprint density at radius 3 is 2.69 bits per heavy atom. The maximum Gasteiger partial charge on any atom is 0.0682 e.